The monoisotopic (exact) mass is 707 g/mol. The predicted molar refractivity (Wildman–Crippen MR) is 199 cm³/mol. The van der Waals surface area contributed by atoms with Gasteiger partial charge in [0.1, 0.15) is 17.7 Å². The maximum absolute atomic E-state index is 15.1. The van der Waals surface area contributed by atoms with Crippen molar-refractivity contribution in [2.24, 2.45) is 17.8 Å². The van der Waals surface area contributed by atoms with Gasteiger partial charge < -0.3 is 29.7 Å². The highest BCUT2D eigenvalue weighted by molar-refractivity contribution is 6.05. The Morgan fingerprint density at radius 2 is 1.75 bits per heavy atom. The number of esters is 1. The van der Waals surface area contributed by atoms with Crippen LogP contribution in [0.25, 0.3) is 10.8 Å². The highest BCUT2D eigenvalue weighted by Gasteiger charge is 2.76. The number of benzene rings is 3. The Bertz CT molecular complexity index is 1830. The second kappa shape index (κ2) is 15.4. The fourth-order valence-corrected chi connectivity index (χ4v) is 8.50. The van der Waals surface area contributed by atoms with Gasteiger partial charge in [-0.25, -0.2) is 0 Å². The third kappa shape index (κ3) is 6.65. The summed E-state index contributed by atoms with van der Waals surface area (Å²) in [5.41, 5.74) is 0.0156. The lowest BCUT2D eigenvalue weighted by atomic mass is 9.70. The van der Waals surface area contributed by atoms with Crippen molar-refractivity contribution in [2.45, 2.75) is 82.4 Å². The minimum absolute atomic E-state index is 0.173. The number of nitrogens with one attached hydrogen (secondary N) is 1. The van der Waals surface area contributed by atoms with Crippen molar-refractivity contribution in [2.75, 3.05) is 18.1 Å². The van der Waals surface area contributed by atoms with Crippen molar-refractivity contribution in [3.05, 3.63) is 104 Å². The van der Waals surface area contributed by atoms with Crippen LogP contribution in [0.1, 0.15) is 58.1 Å². The Hall–Kier alpha value is -4.80. The molecule has 0 radical (unpaired) electrons. The minimum Gasteiger partial charge on any atom is -0.455 e. The average Bonchev–Trinajstić information content (AvgIpc) is 3.79. The Kier molecular flexibility index (Phi) is 11.0. The lowest BCUT2D eigenvalue weighted by Crippen LogP contribution is -2.59. The van der Waals surface area contributed by atoms with E-state index in [0.717, 1.165) is 10.8 Å². The van der Waals surface area contributed by atoms with Crippen molar-refractivity contribution < 1.29 is 33.8 Å². The smallest absolute Gasteiger partial charge is 0.313 e. The van der Waals surface area contributed by atoms with Crippen molar-refractivity contribution in [1.29, 1.82) is 0 Å². The van der Waals surface area contributed by atoms with E-state index in [4.69, 9.17) is 9.47 Å². The van der Waals surface area contributed by atoms with E-state index in [-0.39, 0.29) is 37.3 Å². The van der Waals surface area contributed by atoms with Crippen molar-refractivity contribution in [3.8, 4) is 0 Å². The van der Waals surface area contributed by atoms with Crippen LogP contribution in [0.15, 0.2) is 98.1 Å². The first-order valence-corrected chi connectivity index (χ1v) is 18.2. The number of aliphatic hydroxyl groups is 1. The van der Waals surface area contributed by atoms with Gasteiger partial charge in [-0.3, -0.25) is 19.2 Å². The summed E-state index contributed by atoms with van der Waals surface area (Å²) in [6.45, 7) is 13.0. The summed E-state index contributed by atoms with van der Waals surface area (Å²) in [6.07, 6.45) is 3.41. The normalized spacial score (nSPS) is 25.0. The molecule has 6 rings (SSSR count). The summed E-state index contributed by atoms with van der Waals surface area (Å²) in [4.78, 5) is 60.1. The van der Waals surface area contributed by atoms with Gasteiger partial charge in [-0.2, -0.15) is 0 Å². The number of anilines is 1. The molecule has 1 spiro atoms. The van der Waals surface area contributed by atoms with Gasteiger partial charge in [0.25, 0.3) is 5.91 Å². The number of fused-ring (bicyclic) bond motifs is 2. The summed E-state index contributed by atoms with van der Waals surface area (Å²) in [5.74, 6) is -3.79. The molecule has 3 aromatic rings. The number of aliphatic hydroxyl groups excluding tert-OH is 1. The molecule has 52 heavy (non-hydrogen) atoms. The average molecular weight is 708 g/mol. The molecule has 2 N–H and O–H groups in total. The van der Waals surface area contributed by atoms with E-state index in [1.54, 1.807) is 24.0 Å². The Morgan fingerprint density at radius 1 is 1.04 bits per heavy atom. The van der Waals surface area contributed by atoms with Gasteiger partial charge in [-0.1, -0.05) is 86.7 Å². The van der Waals surface area contributed by atoms with Crippen LogP contribution >= 0.6 is 0 Å². The summed E-state index contributed by atoms with van der Waals surface area (Å²) in [5, 5.41) is 15.6. The molecule has 10 heteroatoms. The molecule has 0 unspecified atom stereocenters. The molecule has 274 valence electrons. The quantitative estimate of drug-likeness (QED) is 0.158. The van der Waals surface area contributed by atoms with Crippen LogP contribution < -0.4 is 10.2 Å². The van der Waals surface area contributed by atoms with E-state index in [1.807, 2.05) is 86.6 Å². The lowest BCUT2D eigenvalue weighted by molar-refractivity contribution is -0.162. The number of likely N-dealkylation sites (tertiary alicyclic amines) is 1. The zero-order valence-corrected chi connectivity index (χ0v) is 30.1. The first-order valence-electron chi connectivity index (χ1n) is 18.2. The molecule has 8 atom stereocenters. The molecular weight excluding hydrogens is 658 g/mol. The Balaban J connectivity index is 1.36. The zero-order valence-electron chi connectivity index (χ0n) is 30.1. The Morgan fingerprint density at radius 3 is 2.42 bits per heavy atom. The molecule has 3 amide bonds. The lowest BCUT2D eigenvalue weighted by Gasteiger charge is -2.40. The summed E-state index contributed by atoms with van der Waals surface area (Å²) < 4.78 is 13.0. The van der Waals surface area contributed by atoms with E-state index in [0.29, 0.717) is 30.5 Å². The van der Waals surface area contributed by atoms with Gasteiger partial charge in [-0.05, 0) is 60.6 Å². The van der Waals surface area contributed by atoms with Crippen LogP contribution in [0, 0.1) is 17.8 Å². The maximum atomic E-state index is 15.1. The summed E-state index contributed by atoms with van der Waals surface area (Å²) in [7, 11) is 0. The van der Waals surface area contributed by atoms with Crippen LogP contribution in [0.4, 0.5) is 5.69 Å². The molecule has 3 fully saturated rings. The minimum atomic E-state index is -1.31. The number of carbonyl (C=O) groups excluding carboxylic acids is 4. The number of ether oxygens (including phenoxy) is 2. The van der Waals surface area contributed by atoms with Gasteiger partial charge in [0.05, 0.1) is 36.6 Å². The number of hydrogen-bond donors (Lipinski definition) is 2. The SMILES string of the molecule is C=CCCC(=O)N[C@@H](C)[C@H](OC(=O)[C@@H]1[C@@H]2CC[C@]3(O2)[C@H](C(=O)N(CC=C)c2ccc4ccccc4c2)N([C@@H](CO)C(C)C)C(=O)[C@@H]13)c1ccccc1. The molecule has 3 aromatic carbocycles. The largest absolute Gasteiger partial charge is 0.455 e. The molecular formula is C42H49N3O7. The first kappa shape index (κ1) is 37.0. The molecule has 2 bridgehead atoms. The van der Waals surface area contributed by atoms with E-state index in [2.05, 4.69) is 18.5 Å². The van der Waals surface area contributed by atoms with Crippen molar-refractivity contribution in [1.82, 2.24) is 10.2 Å². The zero-order chi connectivity index (χ0) is 37.2. The van der Waals surface area contributed by atoms with Crippen LogP contribution in [0.5, 0.6) is 0 Å². The highest BCUT2D eigenvalue weighted by Crippen LogP contribution is 2.59. The summed E-state index contributed by atoms with van der Waals surface area (Å²) >= 11 is 0. The third-order valence-corrected chi connectivity index (χ3v) is 11.0. The highest BCUT2D eigenvalue weighted by atomic mass is 16.6. The number of amides is 3. The number of allylic oxidation sites excluding steroid dienone is 1. The molecule has 0 saturated carbocycles. The van der Waals surface area contributed by atoms with Gasteiger partial charge in [0.2, 0.25) is 11.8 Å². The maximum Gasteiger partial charge on any atom is 0.313 e. The van der Waals surface area contributed by atoms with E-state index >= 15 is 4.79 Å². The molecule has 0 aliphatic carbocycles. The van der Waals surface area contributed by atoms with Gasteiger partial charge in [-0.15, -0.1) is 13.2 Å². The van der Waals surface area contributed by atoms with Crippen molar-refractivity contribution in [3.63, 3.8) is 0 Å². The molecule has 3 aliphatic rings. The standard InChI is InChI=1S/C42H49N3O7/c1-6-8-18-34(47)43-27(5)37(29-15-10-9-11-16-29)51-41(50)35-33-21-22-42(52-33)36(35)39(48)45(32(25-46)26(3)4)38(42)40(49)44(23-7-2)31-20-19-28-14-12-13-17-30(28)24-31/h6-7,9-17,19-20,24,26-27,32-33,35-38,46H,1-2,8,18,21-23,25H2,3-5H3,(H,43,47)/t27-,32-,33-,35+,36+,37-,38-,42+/m0/s1. The van der Waals surface area contributed by atoms with Gasteiger partial charge in [0, 0.05) is 18.7 Å². The van der Waals surface area contributed by atoms with Crippen LogP contribution in [-0.4, -0.2) is 76.7 Å². The second-order valence-electron chi connectivity index (χ2n) is 14.5. The number of rotatable bonds is 15. The predicted octanol–water partition coefficient (Wildman–Crippen LogP) is 5.51. The fourth-order valence-electron chi connectivity index (χ4n) is 8.50. The number of nitrogens with zero attached hydrogens (tertiary/aromatic N) is 2. The van der Waals surface area contributed by atoms with E-state index < -0.39 is 59.6 Å². The second-order valence-corrected chi connectivity index (χ2v) is 14.5. The van der Waals surface area contributed by atoms with Gasteiger partial charge in [0.15, 0.2) is 0 Å². The summed E-state index contributed by atoms with van der Waals surface area (Å²) in [6, 6.07) is 20.4. The van der Waals surface area contributed by atoms with Crippen LogP contribution in [0.3, 0.4) is 0 Å². The third-order valence-electron chi connectivity index (χ3n) is 11.0. The molecule has 10 nitrogen and oxygen atoms in total. The van der Waals surface area contributed by atoms with Crippen molar-refractivity contribution >= 4 is 40.2 Å². The molecule has 0 aromatic heterocycles. The van der Waals surface area contributed by atoms with Gasteiger partial charge >= 0.3 is 5.97 Å². The van der Waals surface area contributed by atoms with E-state index in [9.17, 15) is 19.5 Å². The van der Waals surface area contributed by atoms with Crippen LogP contribution in [-0.2, 0) is 28.7 Å². The first-order chi connectivity index (χ1) is 25.1. The van der Waals surface area contributed by atoms with Crippen LogP contribution in [0.2, 0.25) is 0 Å². The Labute approximate surface area is 305 Å². The molecule has 3 aliphatic heterocycles. The number of hydrogen-bond acceptors (Lipinski definition) is 7. The fraction of sp³-hybridized carbons (Fsp3) is 0.429. The molecule has 3 saturated heterocycles. The van der Waals surface area contributed by atoms with E-state index in [1.165, 1.54) is 4.90 Å². The number of carbonyl (C=O) groups is 4. The molecule has 3 heterocycles. The topological polar surface area (TPSA) is 125 Å².